The third-order valence-corrected chi connectivity index (χ3v) is 3.59. The first-order valence-electron chi connectivity index (χ1n) is 5.36. The molecule has 1 fully saturated rings. The topological polar surface area (TPSA) is 38.8 Å². The molecule has 1 amide bonds. The van der Waals surface area contributed by atoms with Crippen LogP contribution in [-0.4, -0.2) is 30.3 Å². The molecule has 1 heterocycles. The van der Waals surface area contributed by atoms with Gasteiger partial charge in [-0.25, -0.2) is 4.79 Å². The third-order valence-electron chi connectivity index (χ3n) is 2.61. The molecule has 92 valence electrons. The van der Waals surface area contributed by atoms with Gasteiger partial charge in [0.2, 0.25) is 0 Å². The van der Waals surface area contributed by atoms with Crippen LogP contribution < -0.4 is 4.90 Å². The Hall–Kier alpha value is -0.820. The molecule has 17 heavy (non-hydrogen) atoms. The lowest BCUT2D eigenvalue weighted by atomic mass is 10.2. The number of amides is 1. The first kappa shape index (κ1) is 12.6. The molecule has 4 nitrogen and oxygen atoms in total. The molecule has 0 aromatic heterocycles. The normalized spacial score (nSPS) is 19.5. The van der Waals surface area contributed by atoms with E-state index in [-0.39, 0.29) is 12.2 Å². The van der Waals surface area contributed by atoms with Crippen molar-refractivity contribution in [2.45, 2.75) is 12.7 Å². The van der Waals surface area contributed by atoms with E-state index in [0.717, 1.165) is 15.7 Å². The average molecular weight is 347 g/mol. The Labute approximate surface area is 114 Å². The van der Waals surface area contributed by atoms with Crippen LogP contribution in [0.1, 0.15) is 5.56 Å². The second kappa shape index (κ2) is 5.68. The van der Waals surface area contributed by atoms with E-state index in [1.807, 2.05) is 24.3 Å². The summed E-state index contributed by atoms with van der Waals surface area (Å²) in [6.07, 6.45) is -0.257. The lowest BCUT2D eigenvalue weighted by Gasteiger charge is -2.13. The summed E-state index contributed by atoms with van der Waals surface area (Å²) in [7, 11) is 1.66. The molecule has 0 aliphatic carbocycles. The van der Waals surface area contributed by atoms with Crippen molar-refractivity contribution < 1.29 is 14.3 Å². The molecule has 1 saturated heterocycles. The van der Waals surface area contributed by atoms with Crippen LogP contribution in [0.5, 0.6) is 0 Å². The summed E-state index contributed by atoms with van der Waals surface area (Å²) in [5.74, 6) is 0. The summed E-state index contributed by atoms with van der Waals surface area (Å²) in [5, 5.41) is 0. The molecule has 0 N–H and O–H groups in total. The quantitative estimate of drug-likeness (QED) is 0.621. The highest BCUT2D eigenvalue weighted by Gasteiger charge is 2.31. The van der Waals surface area contributed by atoms with Gasteiger partial charge in [-0.05, 0) is 17.7 Å². The first-order chi connectivity index (χ1) is 8.24. The Morgan fingerprint density at radius 2 is 2.18 bits per heavy atom. The number of alkyl halides is 1. The van der Waals surface area contributed by atoms with Gasteiger partial charge >= 0.3 is 6.09 Å². The molecule has 0 spiro atoms. The Morgan fingerprint density at radius 1 is 1.47 bits per heavy atom. The van der Waals surface area contributed by atoms with Crippen molar-refractivity contribution in [2.24, 2.45) is 0 Å². The van der Waals surface area contributed by atoms with E-state index in [0.29, 0.717) is 13.2 Å². The molecule has 2 rings (SSSR count). The summed E-state index contributed by atoms with van der Waals surface area (Å²) in [4.78, 5) is 13.3. The predicted octanol–water partition coefficient (Wildman–Crippen LogP) is 2.59. The number of ether oxygens (including phenoxy) is 2. The zero-order valence-corrected chi connectivity index (χ0v) is 11.7. The second-order valence-corrected chi connectivity index (χ2v) is 4.75. The fourth-order valence-corrected chi connectivity index (χ4v) is 2.21. The maximum absolute atomic E-state index is 11.6. The number of carbonyl (C=O) groups is 1. The van der Waals surface area contributed by atoms with Crippen molar-refractivity contribution in [3.8, 4) is 0 Å². The maximum atomic E-state index is 11.6. The fraction of sp³-hybridized carbons (Fsp3) is 0.417. The van der Waals surface area contributed by atoms with Gasteiger partial charge in [-0.1, -0.05) is 34.7 Å². The van der Waals surface area contributed by atoms with Crippen LogP contribution in [0.25, 0.3) is 0 Å². The van der Waals surface area contributed by atoms with Crippen molar-refractivity contribution in [2.75, 3.05) is 23.0 Å². The number of halogens is 1. The van der Waals surface area contributed by atoms with E-state index in [4.69, 9.17) is 9.47 Å². The van der Waals surface area contributed by atoms with Crippen molar-refractivity contribution >= 4 is 34.4 Å². The summed E-state index contributed by atoms with van der Waals surface area (Å²) < 4.78 is 11.1. The molecule has 1 atom stereocenters. The number of hydrogen-bond acceptors (Lipinski definition) is 3. The number of anilines is 1. The van der Waals surface area contributed by atoms with Gasteiger partial charge in [-0.15, -0.1) is 0 Å². The van der Waals surface area contributed by atoms with Crippen LogP contribution in [-0.2, 0) is 16.1 Å². The van der Waals surface area contributed by atoms with Crippen LogP contribution in [0.4, 0.5) is 10.5 Å². The van der Waals surface area contributed by atoms with Crippen molar-refractivity contribution in [3.63, 3.8) is 0 Å². The van der Waals surface area contributed by atoms with Gasteiger partial charge in [0, 0.05) is 17.2 Å². The Bertz CT molecular complexity index is 393. The van der Waals surface area contributed by atoms with Crippen LogP contribution in [0, 0.1) is 0 Å². The molecular formula is C12H14INO3. The molecule has 1 aromatic carbocycles. The molecule has 1 aliphatic heterocycles. The summed E-state index contributed by atoms with van der Waals surface area (Å²) in [6, 6.07) is 7.77. The van der Waals surface area contributed by atoms with E-state index in [9.17, 15) is 4.79 Å². The molecule has 0 radical (unpaired) electrons. The van der Waals surface area contributed by atoms with Gasteiger partial charge in [-0.2, -0.15) is 0 Å². The van der Waals surface area contributed by atoms with E-state index < -0.39 is 0 Å². The maximum Gasteiger partial charge on any atom is 0.414 e. The number of nitrogens with zero attached hydrogens (tertiary/aromatic N) is 1. The Balaban J connectivity index is 2.09. The van der Waals surface area contributed by atoms with Crippen LogP contribution in [0.3, 0.4) is 0 Å². The molecule has 0 unspecified atom stereocenters. The highest BCUT2D eigenvalue weighted by molar-refractivity contribution is 14.1. The van der Waals surface area contributed by atoms with Crippen molar-refractivity contribution in [3.05, 3.63) is 29.8 Å². The highest BCUT2D eigenvalue weighted by atomic mass is 127. The number of rotatable bonds is 4. The molecule has 1 aromatic rings. The van der Waals surface area contributed by atoms with Gasteiger partial charge in [0.05, 0.1) is 13.2 Å². The van der Waals surface area contributed by atoms with Crippen LogP contribution in [0.15, 0.2) is 24.3 Å². The minimum absolute atomic E-state index is 0.00162. The van der Waals surface area contributed by atoms with Crippen molar-refractivity contribution in [1.82, 2.24) is 0 Å². The largest absolute Gasteiger partial charge is 0.443 e. The first-order valence-corrected chi connectivity index (χ1v) is 6.89. The number of hydrogen-bond donors (Lipinski definition) is 0. The van der Waals surface area contributed by atoms with E-state index >= 15 is 0 Å². The minimum Gasteiger partial charge on any atom is -0.443 e. The number of methoxy groups -OCH3 is 1. The number of carbonyl (C=O) groups excluding carboxylic acids is 1. The summed E-state index contributed by atoms with van der Waals surface area (Å²) in [5.41, 5.74) is 1.97. The van der Waals surface area contributed by atoms with E-state index in [1.54, 1.807) is 12.0 Å². The van der Waals surface area contributed by atoms with Gasteiger partial charge < -0.3 is 9.47 Å². The van der Waals surface area contributed by atoms with Crippen molar-refractivity contribution in [1.29, 1.82) is 0 Å². The standard InChI is InChI=1S/C12H14INO3/c1-16-8-9-2-4-10(5-3-9)14-7-11(6-13)17-12(14)15/h2-5,11H,6-8H2,1H3/t11-/m0/s1. The minimum atomic E-state index is -0.258. The number of benzene rings is 1. The molecule has 0 saturated carbocycles. The van der Waals surface area contributed by atoms with Gasteiger partial charge in [0.1, 0.15) is 6.10 Å². The van der Waals surface area contributed by atoms with E-state index in [2.05, 4.69) is 22.6 Å². The average Bonchev–Trinajstić information content (AvgIpc) is 2.72. The molecular weight excluding hydrogens is 333 g/mol. The third kappa shape index (κ3) is 2.90. The fourth-order valence-electron chi connectivity index (χ4n) is 1.75. The smallest absolute Gasteiger partial charge is 0.414 e. The Kier molecular flexibility index (Phi) is 4.22. The monoisotopic (exact) mass is 347 g/mol. The molecule has 0 bridgehead atoms. The zero-order valence-electron chi connectivity index (χ0n) is 9.56. The summed E-state index contributed by atoms with van der Waals surface area (Å²) >= 11 is 2.22. The Morgan fingerprint density at radius 3 is 2.71 bits per heavy atom. The zero-order chi connectivity index (χ0) is 12.3. The van der Waals surface area contributed by atoms with Crippen LogP contribution >= 0.6 is 22.6 Å². The SMILES string of the molecule is COCc1ccc(N2C[C@H](CI)OC2=O)cc1. The predicted molar refractivity (Wildman–Crippen MR) is 73.7 cm³/mol. The molecule has 5 heteroatoms. The lowest BCUT2D eigenvalue weighted by Crippen LogP contribution is -2.24. The van der Waals surface area contributed by atoms with E-state index in [1.165, 1.54) is 0 Å². The highest BCUT2D eigenvalue weighted by Crippen LogP contribution is 2.22. The molecule has 1 aliphatic rings. The summed E-state index contributed by atoms with van der Waals surface area (Å²) in [6.45, 7) is 1.21. The van der Waals surface area contributed by atoms with Gasteiger partial charge in [0.25, 0.3) is 0 Å². The second-order valence-electron chi connectivity index (χ2n) is 3.87. The van der Waals surface area contributed by atoms with Gasteiger partial charge in [0.15, 0.2) is 0 Å². The number of cyclic esters (lactones) is 1. The van der Waals surface area contributed by atoms with Crippen LogP contribution in [0.2, 0.25) is 0 Å². The lowest BCUT2D eigenvalue weighted by molar-refractivity contribution is 0.153. The van der Waals surface area contributed by atoms with Gasteiger partial charge in [-0.3, -0.25) is 4.90 Å².